The number of carbonyl (C=O) groups excluding carboxylic acids is 2. The number of benzene rings is 2. The lowest BCUT2D eigenvalue weighted by atomic mass is 10.1. The van der Waals surface area contributed by atoms with Gasteiger partial charge in [-0.15, -0.1) is 0 Å². The molecule has 2 aromatic heterocycles. The number of phenols is 1. The summed E-state index contributed by atoms with van der Waals surface area (Å²) in [6.07, 6.45) is 7.55. The van der Waals surface area contributed by atoms with Gasteiger partial charge in [-0.05, 0) is 73.7 Å². The van der Waals surface area contributed by atoms with Crippen LogP contribution in [0.25, 0.3) is 16.6 Å². The third-order valence-corrected chi connectivity index (χ3v) is 6.59. The first-order chi connectivity index (χ1) is 18.4. The maximum absolute atomic E-state index is 12.3. The van der Waals surface area contributed by atoms with Crippen LogP contribution in [-0.2, 0) is 28.9 Å². The molecular weight excluding hydrogens is 478 g/mol. The summed E-state index contributed by atoms with van der Waals surface area (Å²) in [4.78, 5) is 29.6. The Labute approximate surface area is 222 Å². The van der Waals surface area contributed by atoms with Crippen LogP contribution in [0, 0.1) is 0 Å². The van der Waals surface area contributed by atoms with Crippen LogP contribution in [0.3, 0.4) is 0 Å². The third kappa shape index (κ3) is 7.04. The Hall–Kier alpha value is -4.04. The van der Waals surface area contributed by atoms with E-state index >= 15 is 0 Å². The van der Waals surface area contributed by atoms with Crippen LogP contribution >= 0.6 is 0 Å². The highest BCUT2D eigenvalue weighted by atomic mass is 16.3. The van der Waals surface area contributed by atoms with Crippen LogP contribution in [0.1, 0.15) is 56.0 Å². The van der Waals surface area contributed by atoms with E-state index in [1.54, 1.807) is 30.5 Å². The van der Waals surface area contributed by atoms with Crippen molar-refractivity contribution in [2.24, 2.45) is 5.73 Å². The summed E-state index contributed by atoms with van der Waals surface area (Å²) < 4.78 is 1.88. The summed E-state index contributed by atoms with van der Waals surface area (Å²) in [6.45, 7) is 2.18. The number of amides is 2. The van der Waals surface area contributed by atoms with Crippen LogP contribution < -0.4 is 11.1 Å². The van der Waals surface area contributed by atoms with Crippen molar-refractivity contribution < 1.29 is 14.7 Å². The summed E-state index contributed by atoms with van der Waals surface area (Å²) >= 11 is 0. The highest BCUT2D eigenvalue weighted by Crippen LogP contribution is 2.23. The summed E-state index contributed by atoms with van der Waals surface area (Å²) in [5.41, 5.74) is 8.89. The van der Waals surface area contributed by atoms with Gasteiger partial charge < -0.3 is 10.8 Å². The molecule has 4 N–H and O–H groups in total. The van der Waals surface area contributed by atoms with Crippen LogP contribution in [0.15, 0.2) is 66.9 Å². The van der Waals surface area contributed by atoms with Crippen molar-refractivity contribution in [3.05, 3.63) is 83.8 Å². The van der Waals surface area contributed by atoms with Crippen LogP contribution in [0.4, 0.5) is 0 Å². The molecule has 0 saturated heterocycles. The normalized spacial score (nSPS) is 11.9. The molecule has 2 heterocycles. The van der Waals surface area contributed by atoms with Gasteiger partial charge in [0.25, 0.3) is 0 Å². The zero-order valence-corrected chi connectivity index (χ0v) is 21.8. The van der Waals surface area contributed by atoms with Crippen molar-refractivity contribution in [3.63, 3.8) is 0 Å². The second kappa shape index (κ2) is 13.0. The van der Waals surface area contributed by atoms with Crippen molar-refractivity contribution >= 4 is 22.6 Å². The molecule has 0 aliphatic rings. The number of nitrogens with one attached hydrogen (secondary N) is 1. The molecule has 0 aliphatic carbocycles. The maximum atomic E-state index is 12.3. The number of aromatic nitrogens is 3. The van der Waals surface area contributed by atoms with Gasteiger partial charge in [0.2, 0.25) is 11.8 Å². The molecule has 38 heavy (non-hydrogen) atoms. The number of nitrogens with two attached hydrogens (primary N) is 1. The van der Waals surface area contributed by atoms with Gasteiger partial charge in [-0.3, -0.25) is 14.9 Å². The monoisotopic (exact) mass is 513 g/mol. The van der Waals surface area contributed by atoms with Gasteiger partial charge in [-0.25, -0.2) is 9.67 Å². The number of nitrogens with zero attached hydrogens (tertiary/aromatic N) is 3. The molecule has 1 atom stereocenters. The lowest BCUT2D eigenvalue weighted by Crippen LogP contribution is -2.44. The number of fused-ring (bicyclic) bond motifs is 1. The highest BCUT2D eigenvalue weighted by molar-refractivity contribution is 5.97. The largest absolute Gasteiger partial charge is 0.508 e. The average Bonchev–Trinajstić information content (AvgIpc) is 3.39. The molecule has 8 heteroatoms. The number of phenolic OH excluding ortho intramolecular Hbond substituents is 1. The van der Waals surface area contributed by atoms with Crippen LogP contribution in [-0.4, -0.2) is 37.7 Å². The van der Waals surface area contributed by atoms with Gasteiger partial charge in [-0.1, -0.05) is 49.7 Å². The van der Waals surface area contributed by atoms with E-state index < -0.39 is 11.9 Å². The average molecular weight is 514 g/mol. The summed E-state index contributed by atoms with van der Waals surface area (Å²) in [6, 6.07) is 18.0. The standard InChI is InChI=1S/C30H35N5O3/c1-2-3-11-27-25-10-6-4-8-22(25)20-28(33-27)35-23(17-18-32-35)9-5-7-12-29(37)34-30(38)26(31)19-21-13-15-24(36)16-14-21/h4,6,8,10,13-18,20,26,36H,2-3,5,7,9,11-12,19,31H2,1H3,(H,34,37,38). The fourth-order valence-corrected chi connectivity index (χ4v) is 4.49. The Morgan fingerprint density at radius 3 is 2.61 bits per heavy atom. The van der Waals surface area contributed by atoms with E-state index in [1.807, 2.05) is 22.9 Å². The molecule has 2 aromatic carbocycles. The number of aryl methyl sites for hydroxylation is 2. The van der Waals surface area contributed by atoms with E-state index in [0.717, 1.165) is 60.3 Å². The zero-order valence-electron chi connectivity index (χ0n) is 21.8. The molecule has 0 fully saturated rings. The number of unbranched alkanes of at least 4 members (excludes halogenated alkanes) is 2. The number of pyridine rings is 1. The molecule has 198 valence electrons. The van der Waals surface area contributed by atoms with Gasteiger partial charge in [0.15, 0.2) is 5.82 Å². The predicted molar refractivity (Wildman–Crippen MR) is 148 cm³/mol. The highest BCUT2D eigenvalue weighted by Gasteiger charge is 2.17. The van der Waals surface area contributed by atoms with Crippen molar-refractivity contribution in [3.8, 4) is 11.6 Å². The minimum absolute atomic E-state index is 0.148. The Kier molecular flexibility index (Phi) is 9.21. The lowest BCUT2D eigenvalue weighted by Gasteiger charge is -2.12. The van der Waals surface area contributed by atoms with Gasteiger partial charge >= 0.3 is 0 Å². The third-order valence-electron chi connectivity index (χ3n) is 6.59. The number of aromatic hydroxyl groups is 1. The number of rotatable bonds is 12. The van der Waals surface area contributed by atoms with Crippen LogP contribution in [0.5, 0.6) is 5.75 Å². The fourth-order valence-electron chi connectivity index (χ4n) is 4.49. The van der Waals surface area contributed by atoms with Gasteiger partial charge in [0, 0.05) is 23.7 Å². The van der Waals surface area contributed by atoms with Crippen molar-refractivity contribution in [2.75, 3.05) is 0 Å². The van der Waals surface area contributed by atoms with E-state index in [0.29, 0.717) is 6.42 Å². The Morgan fingerprint density at radius 2 is 1.82 bits per heavy atom. The number of carbonyl (C=O) groups is 2. The second-order valence-corrected chi connectivity index (χ2v) is 9.58. The van der Waals surface area contributed by atoms with Crippen molar-refractivity contribution in [1.29, 1.82) is 0 Å². The van der Waals surface area contributed by atoms with E-state index in [1.165, 1.54) is 5.39 Å². The predicted octanol–water partition coefficient (Wildman–Crippen LogP) is 4.39. The number of hydrogen-bond acceptors (Lipinski definition) is 6. The topological polar surface area (TPSA) is 123 Å². The molecule has 4 aromatic rings. The minimum Gasteiger partial charge on any atom is -0.508 e. The van der Waals surface area contributed by atoms with E-state index in [-0.39, 0.29) is 24.5 Å². The van der Waals surface area contributed by atoms with Gasteiger partial charge in [0.05, 0.1) is 11.7 Å². The minimum atomic E-state index is -0.838. The molecule has 1 unspecified atom stereocenters. The first-order valence-electron chi connectivity index (χ1n) is 13.2. The van der Waals surface area contributed by atoms with Gasteiger partial charge in [-0.2, -0.15) is 5.10 Å². The Bertz CT molecular complexity index is 1380. The number of hydrogen-bond donors (Lipinski definition) is 3. The first-order valence-corrected chi connectivity index (χ1v) is 13.2. The van der Waals surface area contributed by atoms with Crippen molar-refractivity contribution in [1.82, 2.24) is 20.1 Å². The summed E-state index contributed by atoms with van der Waals surface area (Å²) in [5.74, 6) is 0.125. The van der Waals surface area contributed by atoms with Gasteiger partial charge in [0.1, 0.15) is 5.75 Å². The zero-order chi connectivity index (χ0) is 26.9. The quantitative estimate of drug-likeness (QED) is 0.241. The van der Waals surface area contributed by atoms with E-state index in [4.69, 9.17) is 10.7 Å². The molecule has 0 saturated carbocycles. The molecular formula is C30H35N5O3. The van der Waals surface area contributed by atoms with Crippen LogP contribution in [0.2, 0.25) is 0 Å². The second-order valence-electron chi connectivity index (χ2n) is 9.58. The summed E-state index contributed by atoms with van der Waals surface area (Å²) in [5, 5.41) is 18.6. The SMILES string of the molecule is CCCCc1nc(-n2nccc2CCCCC(=O)NC(=O)C(N)Cc2ccc(O)cc2)cc2ccccc12. The maximum Gasteiger partial charge on any atom is 0.243 e. The number of imide groups is 1. The first kappa shape index (κ1) is 27.0. The smallest absolute Gasteiger partial charge is 0.243 e. The molecule has 0 spiro atoms. The van der Waals surface area contributed by atoms with Crippen molar-refractivity contribution in [2.45, 2.75) is 64.3 Å². The summed E-state index contributed by atoms with van der Waals surface area (Å²) in [7, 11) is 0. The molecule has 8 nitrogen and oxygen atoms in total. The van der Waals surface area contributed by atoms with E-state index in [9.17, 15) is 14.7 Å². The Balaban J connectivity index is 1.30. The molecule has 0 bridgehead atoms. The molecule has 4 rings (SSSR count). The lowest BCUT2D eigenvalue weighted by molar-refractivity contribution is -0.131. The molecule has 0 aliphatic heterocycles. The fraction of sp³-hybridized carbons (Fsp3) is 0.333. The molecule has 0 radical (unpaired) electrons. The molecule has 2 amide bonds. The van der Waals surface area contributed by atoms with E-state index in [2.05, 4.69) is 35.5 Å². The Morgan fingerprint density at radius 1 is 1.03 bits per heavy atom.